The number of aromatic hydroxyl groups is 1. The number of halogens is 1. The number of nitrogens with one attached hydrogen (secondary N) is 2. The van der Waals surface area contributed by atoms with Gasteiger partial charge >= 0.3 is 0 Å². The molecular weight excluding hydrogens is 357 g/mol. The van der Waals surface area contributed by atoms with Crippen LogP contribution in [-0.4, -0.2) is 37.8 Å². The summed E-state index contributed by atoms with van der Waals surface area (Å²) in [5.41, 5.74) is 1.39. The first-order chi connectivity index (χ1) is 13.6. The fourth-order valence-corrected chi connectivity index (χ4v) is 3.38. The Balaban J connectivity index is 1.62. The van der Waals surface area contributed by atoms with Gasteiger partial charge in [0.2, 0.25) is 0 Å². The summed E-state index contributed by atoms with van der Waals surface area (Å²) in [6.07, 6.45) is 2.54. The Morgan fingerprint density at radius 3 is 2.64 bits per heavy atom. The topological polar surface area (TPSA) is 65.9 Å². The molecule has 2 aromatic rings. The SMILES string of the molecule is CCNC(=NCC1(c2ccccc2F)CC1)NCCc1cccc(OC)c1O. The fraction of sp³-hybridized carbons (Fsp3) is 0.409. The van der Waals surface area contributed by atoms with E-state index in [0.717, 1.165) is 30.5 Å². The van der Waals surface area contributed by atoms with Gasteiger partial charge in [-0.15, -0.1) is 0 Å². The zero-order valence-corrected chi connectivity index (χ0v) is 16.5. The summed E-state index contributed by atoms with van der Waals surface area (Å²) in [5.74, 6) is 1.19. The molecular formula is C22H28FN3O2. The summed E-state index contributed by atoms with van der Waals surface area (Å²) < 4.78 is 19.3. The molecule has 0 unspecified atom stereocenters. The van der Waals surface area contributed by atoms with Crippen molar-refractivity contribution in [3.8, 4) is 11.5 Å². The number of phenols is 1. The number of para-hydroxylation sites is 1. The molecule has 0 bridgehead atoms. The first kappa shape index (κ1) is 20.0. The summed E-state index contributed by atoms with van der Waals surface area (Å²) >= 11 is 0. The normalized spacial score (nSPS) is 15.2. The molecule has 0 heterocycles. The summed E-state index contributed by atoms with van der Waals surface area (Å²) in [6, 6.07) is 12.5. The van der Waals surface area contributed by atoms with E-state index in [1.54, 1.807) is 12.1 Å². The smallest absolute Gasteiger partial charge is 0.191 e. The molecule has 6 heteroatoms. The van der Waals surface area contributed by atoms with E-state index in [4.69, 9.17) is 9.73 Å². The van der Waals surface area contributed by atoms with Gasteiger partial charge in [0, 0.05) is 18.5 Å². The minimum Gasteiger partial charge on any atom is -0.504 e. The molecule has 0 saturated heterocycles. The largest absolute Gasteiger partial charge is 0.504 e. The van der Waals surface area contributed by atoms with Crippen LogP contribution in [0.15, 0.2) is 47.5 Å². The summed E-state index contributed by atoms with van der Waals surface area (Å²) in [4.78, 5) is 4.69. The number of aliphatic imine (C=N–C) groups is 1. The van der Waals surface area contributed by atoms with E-state index in [9.17, 15) is 9.50 Å². The van der Waals surface area contributed by atoms with Gasteiger partial charge in [-0.3, -0.25) is 4.99 Å². The zero-order chi connectivity index (χ0) is 20.0. The maximum Gasteiger partial charge on any atom is 0.191 e. The molecule has 5 nitrogen and oxygen atoms in total. The molecule has 1 aliphatic rings. The van der Waals surface area contributed by atoms with Gasteiger partial charge < -0.3 is 20.5 Å². The Hall–Kier alpha value is -2.76. The lowest BCUT2D eigenvalue weighted by atomic mass is 9.95. The van der Waals surface area contributed by atoms with Gasteiger partial charge in [0.05, 0.1) is 13.7 Å². The van der Waals surface area contributed by atoms with E-state index in [1.165, 1.54) is 13.2 Å². The standard InChI is InChI=1S/C22H28FN3O2/c1-3-24-21(25-14-11-16-7-6-10-19(28-2)20(16)27)26-15-22(12-13-22)17-8-4-5-9-18(17)23/h4-10,27H,3,11-15H2,1-2H3,(H2,24,25,26). The Kier molecular flexibility index (Phi) is 6.39. The number of ether oxygens (including phenoxy) is 1. The monoisotopic (exact) mass is 385 g/mol. The predicted molar refractivity (Wildman–Crippen MR) is 110 cm³/mol. The third-order valence-corrected chi connectivity index (χ3v) is 5.17. The number of methoxy groups -OCH3 is 1. The molecule has 28 heavy (non-hydrogen) atoms. The average molecular weight is 385 g/mol. The van der Waals surface area contributed by atoms with Crippen LogP contribution in [-0.2, 0) is 11.8 Å². The first-order valence-corrected chi connectivity index (χ1v) is 9.71. The van der Waals surface area contributed by atoms with E-state index in [1.807, 2.05) is 31.2 Å². The highest BCUT2D eigenvalue weighted by Gasteiger charge is 2.45. The fourth-order valence-electron chi connectivity index (χ4n) is 3.38. The third kappa shape index (κ3) is 4.55. The Labute approximate surface area is 165 Å². The maximum absolute atomic E-state index is 14.2. The van der Waals surface area contributed by atoms with Gasteiger partial charge in [0.15, 0.2) is 17.5 Å². The van der Waals surface area contributed by atoms with Crippen LogP contribution < -0.4 is 15.4 Å². The number of guanidine groups is 1. The van der Waals surface area contributed by atoms with Crippen LogP contribution in [0.4, 0.5) is 4.39 Å². The molecule has 150 valence electrons. The zero-order valence-electron chi connectivity index (χ0n) is 16.5. The van der Waals surface area contributed by atoms with E-state index < -0.39 is 0 Å². The van der Waals surface area contributed by atoms with Gasteiger partial charge in [-0.25, -0.2) is 4.39 Å². The highest BCUT2D eigenvalue weighted by Crippen LogP contribution is 2.49. The van der Waals surface area contributed by atoms with Crippen LogP contribution in [0.1, 0.15) is 30.9 Å². The van der Waals surface area contributed by atoms with Crippen LogP contribution in [0.2, 0.25) is 0 Å². The van der Waals surface area contributed by atoms with Crippen molar-refractivity contribution in [3.05, 3.63) is 59.4 Å². The number of hydrogen-bond donors (Lipinski definition) is 3. The average Bonchev–Trinajstić information content (AvgIpc) is 3.48. The van der Waals surface area contributed by atoms with Crippen LogP contribution in [0.5, 0.6) is 11.5 Å². The second kappa shape index (κ2) is 8.95. The van der Waals surface area contributed by atoms with Crippen molar-refractivity contribution >= 4 is 5.96 Å². The van der Waals surface area contributed by atoms with Crippen molar-refractivity contribution < 1.29 is 14.2 Å². The molecule has 0 spiro atoms. The van der Waals surface area contributed by atoms with E-state index in [2.05, 4.69) is 10.6 Å². The van der Waals surface area contributed by atoms with Crippen molar-refractivity contribution in [2.45, 2.75) is 31.6 Å². The molecule has 0 atom stereocenters. The molecule has 0 aliphatic heterocycles. The van der Waals surface area contributed by atoms with Crippen molar-refractivity contribution in [2.75, 3.05) is 26.7 Å². The van der Waals surface area contributed by atoms with Gasteiger partial charge in [0.1, 0.15) is 5.82 Å². The van der Waals surface area contributed by atoms with E-state index >= 15 is 0 Å². The molecule has 1 saturated carbocycles. The molecule has 0 aromatic heterocycles. The van der Waals surface area contributed by atoms with E-state index in [0.29, 0.717) is 31.2 Å². The summed E-state index contributed by atoms with van der Waals surface area (Å²) in [6.45, 7) is 3.91. The number of rotatable bonds is 8. The Morgan fingerprint density at radius 1 is 1.18 bits per heavy atom. The molecule has 3 N–H and O–H groups in total. The highest BCUT2D eigenvalue weighted by molar-refractivity contribution is 5.79. The highest BCUT2D eigenvalue weighted by atomic mass is 19.1. The van der Waals surface area contributed by atoms with Crippen molar-refractivity contribution in [1.29, 1.82) is 0 Å². The Morgan fingerprint density at radius 2 is 1.96 bits per heavy atom. The number of benzene rings is 2. The van der Waals surface area contributed by atoms with Crippen molar-refractivity contribution in [1.82, 2.24) is 10.6 Å². The molecule has 2 aromatic carbocycles. The predicted octanol–water partition coefficient (Wildman–Crippen LogP) is 3.37. The second-order valence-electron chi connectivity index (χ2n) is 7.10. The summed E-state index contributed by atoms with van der Waals surface area (Å²) in [7, 11) is 1.54. The van der Waals surface area contributed by atoms with Crippen LogP contribution in [0, 0.1) is 5.82 Å². The van der Waals surface area contributed by atoms with E-state index in [-0.39, 0.29) is 17.0 Å². The first-order valence-electron chi connectivity index (χ1n) is 9.71. The molecule has 0 radical (unpaired) electrons. The lowest BCUT2D eigenvalue weighted by molar-refractivity contribution is 0.370. The lowest BCUT2D eigenvalue weighted by Crippen LogP contribution is -2.39. The summed E-state index contributed by atoms with van der Waals surface area (Å²) in [5, 5.41) is 16.7. The molecule has 0 amide bonds. The Bertz CT molecular complexity index is 834. The minimum absolute atomic E-state index is 0.151. The van der Waals surface area contributed by atoms with Crippen LogP contribution >= 0.6 is 0 Å². The number of phenolic OH excluding ortho intramolecular Hbond substituents is 1. The van der Waals surface area contributed by atoms with Crippen molar-refractivity contribution in [3.63, 3.8) is 0 Å². The molecule has 1 aliphatic carbocycles. The van der Waals surface area contributed by atoms with Gasteiger partial charge in [-0.2, -0.15) is 0 Å². The number of nitrogens with zero attached hydrogens (tertiary/aromatic N) is 1. The van der Waals surface area contributed by atoms with Crippen LogP contribution in [0.3, 0.4) is 0 Å². The minimum atomic E-state index is -0.182. The third-order valence-electron chi connectivity index (χ3n) is 5.17. The second-order valence-corrected chi connectivity index (χ2v) is 7.10. The quantitative estimate of drug-likeness (QED) is 0.482. The van der Waals surface area contributed by atoms with Crippen molar-refractivity contribution in [2.24, 2.45) is 4.99 Å². The molecule has 3 rings (SSSR count). The molecule has 1 fully saturated rings. The van der Waals surface area contributed by atoms with Crippen LogP contribution in [0.25, 0.3) is 0 Å². The van der Waals surface area contributed by atoms with Gasteiger partial charge in [-0.1, -0.05) is 30.3 Å². The van der Waals surface area contributed by atoms with Gasteiger partial charge in [-0.05, 0) is 49.4 Å². The lowest BCUT2D eigenvalue weighted by Gasteiger charge is -2.17. The maximum atomic E-state index is 14.2. The van der Waals surface area contributed by atoms with Gasteiger partial charge in [0.25, 0.3) is 0 Å². The number of hydrogen-bond acceptors (Lipinski definition) is 3.